The number of nitrogens with zero attached hydrogens (tertiary/aromatic N) is 1. The van der Waals surface area contributed by atoms with E-state index >= 15 is 0 Å². The van der Waals surface area contributed by atoms with Crippen molar-refractivity contribution in [2.24, 2.45) is 47.3 Å². The minimum Gasteiger partial charge on any atom is -0.364 e. The Bertz CT molecular complexity index is 455. The standard InChI is InChI=1S/C12H13NO3/c14-13(15)2-12-9-4-1-3-5-6(4)10(12)8(5)11(16-12)7(3)9/h3-11H,1-2H2/t3-,4-,5+,6+,7-,8+,9-,10-,11-,12-/m1/s1. The molecule has 5 aliphatic carbocycles. The average Bonchev–Trinajstić information content (AvgIpc) is 2.73. The van der Waals surface area contributed by atoms with Crippen LogP contribution in [0.1, 0.15) is 6.42 Å². The second kappa shape index (κ2) is 1.74. The van der Waals surface area contributed by atoms with Gasteiger partial charge in [0.15, 0.2) is 0 Å². The van der Waals surface area contributed by atoms with Gasteiger partial charge in [-0.2, -0.15) is 0 Å². The lowest BCUT2D eigenvalue weighted by molar-refractivity contribution is -0.503. The van der Waals surface area contributed by atoms with Gasteiger partial charge in [0.25, 0.3) is 0 Å². The molecule has 4 nitrogen and oxygen atoms in total. The van der Waals surface area contributed by atoms with Crippen molar-refractivity contribution in [2.75, 3.05) is 6.54 Å². The van der Waals surface area contributed by atoms with Gasteiger partial charge in [-0.25, -0.2) is 0 Å². The molecule has 0 unspecified atom stereocenters. The van der Waals surface area contributed by atoms with Gasteiger partial charge in [0.1, 0.15) is 5.60 Å². The van der Waals surface area contributed by atoms with Crippen molar-refractivity contribution in [1.29, 1.82) is 0 Å². The molecule has 0 spiro atoms. The van der Waals surface area contributed by atoms with Crippen molar-refractivity contribution in [3.05, 3.63) is 10.1 Å². The Kier molecular flexibility index (Phi) is 0.832. The Morgan fingerprint density at radius 3 is 2.88 bits per heavy atom. The summed E-state index contributed by atoms with van der Waals surface area (Å²) in [5.74, 6) is 6.13. The summed E-state index contributed by atoms with van der Waals surface area (Å²) in [4.78, 5) is 10.8. The van der Waals surface area contributed by atoms with E-state index in [9.17, 15) is 10.1 Å². The highest BCUT2D eigenvalue weighted by atomic mass is 16.6. The molecule has 2 saturated heterocycles. The smallest absolute Gasteiger partial charge is 0.233 e. The molecule has 0 aromatic heterocycles. The van der Waals surface area contributed by atoms with E-state index in [1.807, 2.05) is 0 Å². The van der Waals surface area contributed by atoms with Gasteiger partial charge in [-0.05, 0) is 41.9 Å². The first-order valence-corrected chi connectivity index (χ1v) is 6.54. The number of ether oxygens (including phenoxy) is 1. The summed E-state index contributed by atoms with van der Waals surface area (Å²) < 4.78 is 6.22. The molecule has 0 N–H and O–H groups in total. The number of hydrogen-bond acceptors (Lipinski definition) is 3. The van der Waals surface area contributed by atoms with Gasteiger partial charge < -0.3 is 4.74 Å². The van der Waals surface area contributed by atoms with Crippen LogP contribution in [-0.2, 0) is 4.74 Å². The van der Waals surface area contributed by atoms with Crippen LogP contribution in [0.3, 0.4) is 0 Å². The summed E-state index contributed by atoms with van der Waals surface area (Å²) >= 11 is 0. The average molecular weight is 219 g/mol. The van der Waals surface area contributed by atoms with Crippen molar-refractivity contribution >= 4 is 0 Å². The Morgan fingerprint density at radius 1 is 1.19 bits per heavy atom. The van der Waals surface area contributed by atoms with Crippen LogP contribution in [0.2, 0.25) is 0 Å². The molecule has 16 heavy (non-hydrogen) atoms. The molecule has 4 bridgehead atoms. The lowest BCUT2D eigenvalue weighted by Crippen LogP contribution is -2.51. The van der Waals surface area contributed by atoms with Gasteiger partial charge in [0.2, 0.25) is 6.54 Å². The van der Waals surface area contributed by atoms with Gasteiger partial charge in [-0.1, -0.05) is 0 Å². The second-order valence-corrected chi connectivity index (χ2v) is 6.95. The molecular weight excluding hydrogens is 206 g/mol. The lowest BCUT2D eigenvalue weighted by atomic mass is 9.57. The zero-order chi connectivity index (χ0) is 10.4. The maximum Gasteiger partial charge on any atom is 0.233 e. The van der Waals surface area contributed by atoms with E-state index in [4.69, 9.17) is 4.74 Å². The fourth-order valence-corrected chi connectivity index (χ4v) is 7.66. The largest absolute Gasteiger partial charge is 0.364 e. The topological polar surface area (TPSA) is 52.4 Å². The van der Waals surface area contributed by atoms with Gasteiger partial charge in [0, 0.05) is 16.8 Å². The molecular formula is C12H13NO3. The monoisotopic (exact) mass is 219 g/mol. The summed E-state index contributed by atoms with van der Waals surface area (Å²) in [5.41, 5.74) is -0.291. The SMILES string of the molecule is O=[N+]([O-])C[C@]12O[C@H]3[C@H]4[C@H]5[C@H]6C[C@H]([C@@H]5[C@H]41)[C@@H]2[C@@H]63. The van der Waals surface area contributed by atoms with Crippen LogP contribution >= 0.6 is 0 Å². The molecule has 0 aromatic carbocycles. The minimum atomic E-state index is -0.291. The quantitative estimate of drug-likeness (QED) is 0.509. The fourth-order valence-electron chi connectivity index (χ4n) is 7.66. The van der Waals surface area contributed by atoms with Crippen LogP contribution in [-0.4, -0.2) is 23.2 Å². The molecule has 2 heterocycles. The number of rotatable bonds is 2. The molecule has 10 atom stereocenters. The molecule has 7 rings (SSSR count). The van der Waals surface area contributed by atoms with Crippen molar-refractivity contribution in [2.45, 2.75) is 18.1 Å². The third kappa shape index (κ3) is 0.424. The maximum atomic E-state index is 10.9. The maximum absolute atomic E-state index is 10.9. The molecule has 0 aromatic rings. The van der Waals surface area contributed by atoms with Gasteiger partial charge in [-0.3, -0.25) is 10.1 Å². The predicted molar refractivity (Wildman–Crippen MR) is 52.0 cm³/mol. The van der Waals surface area contributed by atoms with E-state index in [1.54, 1.807) is 0 Å². The highest BCUT2D eigenvalue weighted by Crippen LogP contribution is 2.90. The molecule has 0 radical (unpaired) electrons. The van der Waals surface area contributed by atoms with E-state index < -0.39 is 0 Å². The van der Waals surface area contributed by atoms with Crippen molar-refractivity contribution < 1.29 is 9.66 Å². The van der Waals surface area contributed by atoms with Crippen molar-refractivity contribution in [3.63, 3.8) is 0 Å². The van der Waals surface area contributed by atoms with Gasteiger partial charge in [-0.15, -0.1) is 0 Å². The molecule has 7 aliphatic rings. The van der Waals surface area contributed by atoms with Crippen LogP contribution in [0.4, 0.5) is 0 Å². The van der Waals surface area contributed by atoms with Crippen molar-refractivity contribution in [3.8, 4) is 0 Å². The lowest BCUT2D eigenvalue weighted by Gasteiger charge is -2.44. The molecule has 84 valence electrons. The first-order valence-electron chi connectivity index (χ1n) is 6.54. The van der Waals surface area contributed by atoms with Crippen molar-refractivity contribution in [1.82, 2.24) is 0 Å². The summed E-state index contributed by atoms with van der Waals surface area (Å²) in [6.45, 7) is 0.0955. The normalized spacial score (nSPS) is 77.9. The van der Waals surface area contributed by atoms with E-state index in [0.717, 1.165) is 35.5 Å². The fraction of sp³-hybridized carbons (Fsp3) is 1.00. The van der Waals surface area contributed by atoms with Crippen LogP contribution in [0.25, 0.3) is 0 Å². The number of nitro groups is 1. The summed E-state index contributed by atoms with van der Waals surface area (Å²) in [6, 6.07) is 0. The number of hydrogen-bond donors (Lipinski definition) is 0. The van der Waals surface area contributed by atoms with E-state index in [2.05, 4.69) is 0 Å². The van der Waals surface area contributed by atoms with E-state index in [0.29, 0.717) is 17.9 Å². The Hall–Kier alpha value is -0.640. The van der Waals surface area contributed by atoms with Crippen LogP contribution in [0.15, 0.2) is 0 Å². The molecule has 0 amide bonds. The second-order valence-electron chi connectivity index (χ2n) is 6.95. The summed E-state index contributed by atoms with van der Waals surface area (Å²) in [7, 11) is 0. The minimum absolute atomic E-state index is 0.0955. The zero-order valence-corrected chi connectivity index (χ0v) is 8.78. The molecule has 5 saturated carbocycles. The third-order valence-electron chi connectivity index (χ3n) is 7.24. The van der Waals surface area contributed by atoms with Crippen LogP contribution < -0.4 is 0 Å². The van der Waals surface area contributed by atoms with Crippen LogP contribution in [0, 0.1) is 57.5 Å². The van der Waals surface area contributed by atoms with E-state index in [1.165, 1.54) is 6.42 Å². The van der Waals surface area contributed by atoms with Gasteiger partial charge in [0.05, 0.1) is 6.10 Å². The first-order chi connectivity index (χ1) is 7.74. The summed E-state index contributed by atoms with van der Waals surface area (Å²) in [6.07, 6.45) is 1.82. The van der Waals surface area contributed by atoms with Gasteiger partial charge >= 0.3 is 0 Å². The van der Waals surface area contributed by atoms with Crippen LogP contribution in [0.5, 0.6) is 0 Å². The first kappa shape index (κ1) is 7.64. The Balaban J connectivity index is 1.62. The highest BCUT2D eigenvalue weighted by molar-refractivity contribution is 5.39. The molecule has 7 fully saturated rings. The summed E-state index contributed by atoms with van der Waals surface area (Å²) in [5, 5.41) is 10.9. The Labute approximate surface area is 92.5 Å². The zero-order valence-electron chi connectivity index (χ0n) is 8.78. The van der Waals surface area contributed by atoms with E-state index in [-0.39, 0.29) is 17.1 Å². The predicted octanol–water partition coefficient (Wildman–Crippen LogP) is 0.788. The molecule has 2 aliphatic heterocycles. The molecule has 4 heteroatoms. The Morgan fingerprint density at radius 2 is 2.06 bits per heavy atom. The highest BCUT2D eigenvalue weighted by Gasteiger charge is 2.93. The third-order valence-corrected chi connectivity index (χ3v) is 7.24.